The summed E-state index contributed by atoms with van der Waals surface area (Å²) >= 11 is 9.81. The normalized spacial score (nSPS) is 29.4. The first-order valence-corrected chi connectivity index (χ1v) is 20.2. The number of nitriles is 1. The molecule has 2 aromatic carbocycles. The van der Waals surface area contributed by atoms with Crippen LogP contribution in [0, 0.1) is 22.7 Å². The second-order valence-electron chi connectivity index (χ2n) is 15.8. The molecule has 3 aliphatic carbocycles. The molecule has 278 valence electrons. The monoisotopic (exact) mass is 753 g/mol. The Bertz CT molecular complexity index is 1980. The van der Waals surface area contributed by atoms with Crippen LogP contribution < -0.4 is 4.74 Å². The quantitative estimate of drug-likeness (QED) is 0.200. The minimum atomic E-state index is -0.874. The van der Waals surface area contributed by atoms with Crippen molar-refractivity contribution in [2.45, 2.75) is 85.3 Å². The lowest BCUT2D eigenvalue weighted by Crippen LogP contribution is -2.62. The summed E-state index contributed by atoms with van der Waals surface area (Å²) < 4.78 is 8.71. The third-order valence-electron chi connectivity index (χ3n) is 12.8. The lowest BCUT2D eigenvalue weighted by molar-refractivity contribution is -0.141. The van der Waals surface area contributed by atoms with Crippen molar-refractivity contribution in [3.8, 4) is 11.8 Å². The van der Waals surface area contributed by atoms with Gasteiger partial charge in [0.15, 0.2) is 5.16 Å². The summed E-state index contributed by atoms with van der Waals surface area (Å²) in [6.45, 7) is 5.93. The highest BCUT2D eigenvalue weighted by molar-refractivity contribution is 8.00. The first kappa shape index (κ1) is 36.4. The molecular weight excluding hydrogens is 706 g/mol. The van der Waals surface area contributed by atoms with E-state index in [2.05, 4.69) is 77.0 Å². The fourth-order valence-corrected chi connectivity index (χ4v) is 11.9. The molecule has 8 rings (SSSR count). The third-order valence-corrected chi connectivity index (χ3v) is 15.0. The van der Waals surface area contributed by atoms with Crippen molar-refractivity contribution in [2.24, 2.45) is 18.4 Å². The Morgan fingerprint density at radius 1 is 1.13 bits per heavy atom. The molecule has 4 unspecified atom stereocenters. The van der Waals surface area contributed by atoms with Crippen LogP contribution in [0.15, 0.2) is 72.0 Å². The minimum absolute atomic E-state index is 0.112. The Morgan fingerprint density at radius 2 is 1.94 bits per heavy atom. The highest BCUT2D eigenvalue weighted by Crippen LogP contribution is 2.67. The first-order chi connectivity index (χ1) is 25.5. The van der Waals surface area contributed by atoms with Crippen LogP contribution >= 0.6 is 23.4 Å². The van der Waals surface area contributed by atoms with E-state index >= 15 is 0 Å². The van der Waals surface area contributed by atoms with Crippen LogP contribution in [-0.2, 0) is 24.8 Å². The Labute approximate surface area is 321 Å². The van der Waals surface area contributed by atoms with Crippen LogP contribution in [0.1, 0.15) is 79.4 Å². The van der Waals surface area contributed by atoms with Crippen LogP contribution in [0.3, 0.4) is 0 Å². The number of rotatable bonds is 11. The van der Waals surface area contributed by atoms with Gasteiger partial charge in [-0.15, -0.1) is 11.6 Å². The molecule has 1 aromatic heterocycles. The van der Waals surface area contributed by atoms with Gasteiger partial charge in [-0.2, -0.15) is 5.26 Å². The van der Waals surface area contributed by atoms with Crippen LogP contribution in [0.25, 0.3) is 5.57 Å². The van der Waals surface area contributed by atoms with Gasteiger partial charge in [0.2, 0.25) is 0 Å². The van der Waals surface area contributed by atoms with Crippen LogP contribution in [0.5, 0.6) is 5.75 Å². The molecule has 0 radical (unpaired) electrons. The topological polar surface area (TPSA) is 115 Å². The molecule has 53 heavy (non-hydrogen) atoms. The number of β-amino-alcohol motifs (C(OH)–C–C–N with tert-alkyl or cyclic N) is 1. The largest absolute Gasteiger partial charge is 0.491 e. The zero-order valence-electron chi connectivity index (χ0n) is 30.5. The zero-order chi connectivity index (χ0) is 37.0. The van der Waals surface area contributed by atoms with Crippen molar-refractivity contribution in [1.82, 2.24) is 19.4 Å². The second-order valence-corrected chi connectivity index (χ2v) is 17.9. The number of ether oxygens (including phenoxy) is 1. The molecule has 2 saturated heterocycles. The summed E-state index contributed by atoms with van der Waals surface area (Å²) in [5, 5.41) is 31.3. The summed E-state index contributed by atoms with van der Waals surface area (Å²) in [5.74, 6) is -0.507. The van der Waals surface area contributed by atoms with Gasteiger partial charge in [-0.25, -0.2) is 4.98 Å². The molecule has 3 aromatic rings. The predicted molar refractivity (Wildman–Crippen MR) is 207 cm³/mol. The van der Waals surface area contributed by atoms with Gasteiger partial charge in [-0.3, -0.25) is 14.6 Å². The zero-order valence-corrected chi connectivity index (χ0v) is 32.1. The number of fused-ring (bicyclic) bond motifs is 1. The molecule has 1 saturated carbocycles. The van der Waals surface area contributed by atoms with Gasteiger partial charge in [0.25, 0.3) is 0 Å². The summed E-state index contributed by atoms with van der Waals surface area (Å²) in [6, 6.07) is 17.0. The fourth-order valence-electron chi connectivity index (χ4n) is 9.67. The Balaban J connectivity index is 1.13. The SMILES string of the molecule is Cn1cc(CN2CCC(O)C2)nc1SC1(C2(COc3ccc4c(c3C#N)CC[C@H]4N3CCC(C(=O)O)C3)C=CC=C(c3ccccc3)C2(C)Cl)CCC1. The van der Waals surface area contributed by atoms with Crippen molar-refractivity contribution in [3.63, 3.8) is 0 Å². The molecule has 5 aliphatic rings. The van der Waals surface area contributed by atoms with Crippen molar-refractivity contribution >= 4 is 34.9 Å². The maximum absolute atomic E-state index is 11.7. The average Bonchev–Trinajstić information content (AvgIpc) is 3.93. The van der Waals surface area contributed by atoms with Crippen molar-refractivity contribution in [1.29, 1.82) is 5.26 Å². The number of benzene rings is 2. The van der Waals surface area contributed by atoms with E-state index < -0.39 is 16.3 Å². The maximum Gasteiger partial charge on any atom is 0.307 e. The molecule has 9 nitrogen and oxygen atoms in total. The molecule has 0 bridgehead atoms. The number of halogens is 1. The van der Waals surface area contributed by atoms with E-state index in [0.717, 1.165) is 84.7 Å². The number of thioether (sulfide) groups is 1. The van der Waals surface area contributed by atoms with E-state index in [1.807, 2.05) is 24.3 Å². The van der Waals surface area contributed by atoms with Crippen LogP contribution in [0.2, 0.25) is 0 Å². The van der Waals surface area contributed by atoms with E-state index in [9.17, 15) is 20.3 Å². The van der Waals surface area contributed by atoms with E-state index in [4.69, 9.17) is 21.3 Å². The number of imidazole rings is 1. The highest BCUT2D eigenvalue weighted by atomic mass is 35.5. The molecule has 2 N–H and O–H groups in total. The number of carbonyl (C=O) groups is 1. The smallest absolute Gasteiger partial charge is 0.307 e. The van der Waals surface area contributed by atoms with Gasteiger partial charge in [-0.05, 0) is 80.3 Å². The van der Waals surface area contributed by atoms with Crippen molar-refractivity contribution in [3.05, 3.63) is 94.8 Å². The Morgan fingerprint density at radius 3 is 2.62 bits per heavy atom. The number of alkyl halides is 1. The number of aliphatic carboxylic acids is 1. The Kier molecular flexibility index (Phi) is 9.78. The third kappa shape index (κ3) is 6.32. The molecule has 5 atom stereocenters. The van der Waals surface area contributed by atoms with E-state index in [-0.39, 0.29) is 29.4 Å². The summed E-state index contributed by atoms with van der Waals surface area (Å²) in [5.41, 5.74) is 5.10. The number of aromatic nitrogens is 2. The molecule has 2 aliphatic heterocycles. The van der Waals surface area contributed by atoms with Crippen LogP contribution in [0.4, 0.5) is 0 Å². The lowest BCUT2D eigenvalue weighted by Gasteiger charge is -2.60. The number of likely N-dealkylation sites (tertiary alicyclic amines) is 2. The van der Waals surface area contributed by atoms with Gasteiger partial charge in [0, 0.05) is 50.2 Å². The lowest BCUT2D eigenvalue weighted by atomic mass is 9.55. The number of aliphatic hydroxyl groups excluding tert-OH is 1. The molecule has 0 spiro atoms. The molecule has 3 heterocycles. The van der Waals surface area contributed by atoms with E-state index in [0.29, 0.717) is 37.4 Å². The number of hydrogen-bond donors (Lipinski definition) is 2. The summed E-state index contributed by atoms with van der Waals surface area (Å²) in [6.07, 6.45) is 14.3. The first-order valence-electron chi connectivity index (χ1n) is 19.0. The maximum atomic E-state index is 11.7. The van der Waals surface area contributed by atoms with Gasteiger partial charge in [0.05, 0.1) is 33.6 Å². The fraction of sp³-hybridized carbons (Fsp3) is 0.500. The number of allylic oxidation sites excluding steroid dienone is 3. The molecular formula is C42H48ClN5O4S. The van der Waals surface area contributed by atoms with Gasteiger partial charge in [-0.1, -0.05) is 72.8 Å². The van der Waals surface area contributed by atoms with Crippen molar-refractivity contribution < 1.29 is 19.7 Å². The Hall–Kier alpha value is -3.59. The molecule has 0 amide bonds. The average molecular weight is 754 g/mol. The number of nitrogens with zero attached hydrogens (tertiary/aromatic N) is 5. The van der Waals surface area contributed by atoms with Gasteiger partial charge in [0.1, 0.15) is 18.4 Å². The number of hydrogen-bond acceptors (Lipinski definition) is 8. The second kappa shape index (κ2) is 14.2. The van der Waals surface area contributed by atoms with E-state index in [1.54, 1.807) is 11.8 Å². The number of carboxylic acids is 1. The van der Waals surface area contributed by atoms with Crippen molar-refractivity contribution in [2.75, 3.05) is 32.8 Å². The molecule has 3 fully saturated rings. The standard InChI is InChI=1S/C42H48ClN5O4S/c1-40(43)35(28-8-4-3-5-9-28)10-6-17-41(40,42(18-7-19-42)53-39-45-30(24-46(39)2)25-47-20-16-31(49)26-47)27-52-37-14-12-33-32(34(37)22-44)11-13-36(33)48-21-15-29(23-48)38(50)51/h3-6,8-10,12,14,17,24,29,31,36,49H,7,11,13,15-16,18-21,23,25-27H2,1-2H3,(H,50,51)/t29?,31?,36-,40?,41?/m1/s1. The number of aryl methyl sites for hydroxylation is 1. The summed E-state index contributed by atoms with van der Waals surface area (Å²) in [7, 11) is 2.06. The van der Waals surface area contributed by atoms with Crippen LogP contribution in [-0.4, -0.2) is 84.0 Å². The molecule has 11 heteroatoms. The number of carboxylic acid groups (broad SMARTS) is 1. The van der Waals surface area contributed by atoms with E-state index in [1.165, 1.54) is 0 Å². The number of aliphatic hydroxyl groups is 1. The highest BCUT2D eigenvalue weighted by Gasteiger charge is 2.65. The van der Waals surface area contributed by atoms with Gasteiger partial charge < -0.3 is 19.5 Å². The van der Waals surface area contributed by atoms with Gasteiger partial charge >= 0.3 is 5.97 Å². The predicted octanol–water partition coefficient (Wildman–Crippen LogP) is 6.98. The minimum Gasteiger partial charge on any atom is -0.491 e. The summed E-state index contributed by atoms with van der Waals surface area (Å²) in [4.78, 5) is 20.5.